The Morgan fingerprint density at radius 3 is 2.43 bits per heavy atom. The molecule has 1 heterocycles. The number of hydrogen-bond donors (Lipinski definition) is 2. The van der Waals surface area contributed by atoms with E-state index in [1.165, 1.54) is 0 Å². The first kappa shape index (κ1) is 15.6. The summed E-state index contributed by atoms with van der Waals surface area (Å²) in [7, 11) is 0. The molecule has 0 saturated carbocycles. The van der Waals surface area contributed by atoms with Gasteiger partial charge in [0.25, 0.3) is 5.56 Å². The molecule has 0 spiro atoms. The summed E-state index contributed by atoms with van der Waals surface area (Å²) in [5.41, 5.74) is 1.84. The second kappa shape index (κ2) is 6.07. The molecule has 0 aliphatic heterocycles. The number of benzene rings is 2. The Morgan fingerprint density at radius 1 is 1.09 bits per heavy atom. The predicted octanol–water partition coefficient (Wildman–Crippen LogP) is 4.68. The summed E-state index contributed by atoms with van der Waals surface area (Å²) in [6.07, 6.45) is 0. The monoisotopic (exact) mass is 346 g/mol. The Balaban J connectivity index is 2.16. The van der Waals surface area contributed by atoms with E-state index >= 15 is 0 Å². The van der Waals surface area contributed by atoms with E-state index in [4.69, 9.17) is 23.2 Å². The maximum absolute atomic E-state index is 12.2. The van der Waals surface area contributed by atoms with Gasteiger partial charge in [0.1, 0.15) is 11.5 Å². The van der Waals surface area contributed by atoms with E-state index < -0.39 is 5.56 Å². The highest BCUT2D eigenvalue weighted by atomic mass is 35.5. The number of fused-ring (bicyclic) bond motifs is 1. The summed E-state index contributed by atoms with van der Waals surface area (Å²) < 4.78 is 0. The fourth-order valence-electron chi connectivity index (χ4n) is 2.25. The van der Waals surface area contributed by atoms with Gasteiger partial charge in [0.15, 0.2) is 0 Å². The van der Waals surface area contributed by atoms with Gasteiger partial charge in [0.05, 0.1) is 11.0 Å². The number of rotatable bonds is 2. The molecule has 0 aliphatic rings. The van der Waals surface area contributed by atoms with Crippen LogP contribution in [-0.4, -0.2) is 15.1 Å². The molecule has 0 fully saturated rings. The molecule has 0 radical (unpaired) electrons. The lowest BCUT2D eigenvalue weighted by Crippen LogP contribution is -2.14. The van der Waals surface area contributed by atoms with Crippen LogP contribution in [0.25, 0.3) is 22.4 Å². The molecule has 0 unspecified atom stereocenters. The Bertz CT molecular complexity index is 976. The van der Waals surface area contributed by atoms with Crippen LogP contribution in [0, 0.1) is 0 Å². The number of nitrogens with zero attached hydrogens (tertiary/aromatic N) is 1. The quantitative estimate of drug-likeness (QED) is 0.662. The minimum atomic E-state index is -0.391. The topological polar surface area (TPSA) is 66.0 Å². The maximum Gasteiger partial charge on any atom is 0.274 e. The van der Waals surface area contributed by atoms with Gasteiger partial charge in [0.2, 0.25) is 0 Å². The number of aliphatic hydroxyl groups excluding tert-OH is 1. The van der Waals surface area contributed by atoms with E-state index in [-0.39, 0.29) is 11.5 Å². The average molecular weight is 347 g/mol. The van der Waals surface area contributed by atoms with Crippen LogP contribution in [0.1, 0.15) is 18.2 Å². The number of allylic oxidation sites excluding steroid dienone is 1. The number of nitrogens with one attached hydrogen (secondary N) is 1. The molecule has 0 atom stereocenters. The van der Waals surface area contributed by atoms with Crippen molar-refractivity contribution in [2.24, 2.45) is 0 Å². The van der Waals surface area contributed by atoms with Crippen molar-refractivity contribution in [1.29, 1.82) is 0 Å². The van der Waals surface area contributed by atoms with Gasteiger partial charge in [-0.05, 0) is 49.4 Å². The SMILES string of the molecule is C/C(=C(/O)c1ccc(Cl)cc1)c1nc2ccc(Cl)cc2[nH]c1=O. The van der Waals surface area contributed by atoms with Crippen molar-refractivity contribution in [2.75, 3.05) is 0 Å². The van der Waals surface area contributed by atoms with Gasteiger partial charge in [-0.1, -0.05) is 23.2 Å². The van der Waals surface area contributed by atoms with E-state index in [0.717, 1.165) is 0 Å². The molecule has 23 heavy (non-hydrogen) atoms. The van der Waals surface area contributed by atoms with Gasteiger partial charge in [0, 0.05) is 21.2 Å². The molecule has 0 amide bonds. The maximum atomic E-state index is 12.2. The van der Waals surface area contributed by atoms with E-state index in [2.05, 4.69) is 9.97 Å². The first-order valence-corrected chi connectivity index (χ1v) is 7.57. The predicted molar refractivity (Wildman–Crippen MR) is 93.9 cm³/mol. The minimum absolute atomic E-state index is 0.0204. The Kier molecular flexibility index (Phi) is 4.11. The third-order valence-corrected chi connectivity index (χ3v) is 3.97. The van der Waals surface area contributed by atoms with Crippen LogP contribution in [0.5, 0.6) is 0 Å². The normalized spacial score (nSPS) is 12.3. The van der Waals surface area contributed by atoms with E-state index in [0.29, 0.717) is 32.2 Å². The summed E-state index contributed by atoms with van der Waals surface area (Å²) in [5.74, 6) is -0.0204. The van der Waals surface area contributed by atoms with Crippen molar-refractivity contribution in [3.05, 3.63) is 74.1 Å². The van der Waals surface area contributed by atoms with Crippen molar-refractivity contribution in [3.63, 3.8) is 0 Å². The second-order valence-corrected chi connectivity index (χ2v) is 5.93. The third-order valence-electron chi connectivity index (χ3n) is 3.48. The van der Waals surface area contributed by atoms with Crippen LogP contribution < -0.4 is 5.56 Å². The first-order chi connectivity index (χ1) is 11.0. The zero-order valence-corrected chi connectivity index (χ0v) is 13.6. The summed E-state index contributed by atoms with van der Waals surface area (Å²) >= 11 is 11.7. The first-order valence-electron chi connectivity index (χ1n) is 6.81. The highest BCUT2D eigenvalue weighted by Crippen LogP contribution is 2.23. The zero-order chi connectivity index (χ0) is 16.6. The molecule has 3 rings (SSSR count). The van der Waals surface area contributed by atoms with Crippen molar-refractivity contribution in [2.45, 2.75) is 6.92 Å². The van der Waals surface area contributed by atoms with Gasteiger partial charge in [-0.3, -0.25) is 4.79 Å². The van der Waals surface area contributed by atoms with Crippen molar-refractivity contribution in [3.8, 4) is 0 Å². The van der Waals surface area contributed by atoms with Gasteiger partial charge >= 0.3 is 0 Å². The molecule has 1 aromatic heterocycles. The van der Waals surface area contributed by atoms with E-state index in [1.807, 2.05) is 0 Å². The smallest absolute Gasteiger partial charge is 0.274 e. The van der Waals surface area contributed by atoms with Crippen LogP contribution in [-0.2, 0) is 0 Å². The molecule has 0 bridgehead atoms. The largest absolute Gasteiger partial charge is 0.507 e. The minimum Gasteiger partial charge on any atom is -0.507 e. The lowest BCUT2D eigenvalue weighted by Gasteiger charge is -2.07. The Hall–Kier alpha value is -2.30. The third kappa shape index (κ3) is 3.09. The van der Waals surface area contributed by atoms with Crippen LogP contribution >= 0.6 is 23.2 Å². The highest BCUT2D eigenvalue weighted by Gasteiger charge is 2.12. The second-order valence-electron chi connectivity index (χ2n) is 5.06. The molecule has 6 heteroatoms. The number of aromatic nitrogens is 2. The number of aromatic amines is 1. The fraction of sp³-hybridized carbons (Fsp3) is 0.0588. The van der Waals surface area contributed by atoms with E-state index in [9.17, 15) is 9.90 Å². The number of halogens is 2. The summed E-state index contributed by atoms with van der Waals surface area (Å²) in [6.45, 7) is 1.64. The summed E-state index contributed by atoms with van der Waals surface area (Å²) in [4.78, 5) is 19.3. The van der Waals surface area contributed by atoms with Crippen LogP contribution in [0.4, 0.5) is 0 Å². The summed E-state index contributed by atoms with van der Waals surface area (Å²) in [6, 6.07) is 11.7. The molecular weight excluding hydrogens is 335 g/mol. The molecule has 2 aromatic carbocycles. The van der Waals surface area contributed by atoms with Crippen LogP contribution in [0.2, 0.25) is 10.0 Å². The number of H-pyrrole nitrogens is 1. The molecule has 0 saturated heterocycles. The standard InChI is InChI=1S/C17H12Cl2N2O2/c1-9(16(22)10-2-4-11(18)5-3-10)15-17(23)21-14-8-12(19)6-7-13(14)20-15/h2-8,22H,1H3,(H,21,23)/b16-9-. The van der Waals surface area contributed by atoms with Crippen LogP contribution in [0.3, 0.4) is 0 Å². The van der Waals surface area contributed by atoms with Crippen molar-refractivity contribution >= 4 is 45.6 Å². The molecule has 4 nitrogen and oxygen atoms in total. The van der Waals surface area contributed by atoms with Crippen molar-refractivity contribution in [1.82, 2.24) is 9.97 Å². The van der Waals surface area contributed by atoms with Gasteiger partial charge in [-0.25, -0.2) is 4.98 Å². The molecule has 0 aliphatic carbocycles. The van der Waals surface area contributed by atoms with Gasteiger partial charge < -0.3 is 10.1 Å². The Morgan fingerprint density at radius 2 is 1.74 bits per heavy atom. The summed E-state index contributed by atoms with van der Waals surface area (Å²) in [5, 5.41) is 11.5. The van der Waals surface area contributed by atoms with Gasteiger partial charge in [-0.2, -0.15) is 0 Å². The molecule has 3 aromatic rings. The molecule has 116 valence electrons. The van der Waals surface area contributed by atoms with Crippen LogP contribution in [0.15, 0.2) is 47.3 Å². The number of hydrogen-bond acceptors (Lipinski definition) is 3. The van der Waals surface area contributed by atoms with Gasteiger partial charge in [-0.15, -0.1) is 0 Å². The lowest BCUT2D eigenvalue weighted by molar-refractivity contribution is 0.513. The average Bonchev–Trinajstić information content (AvgIpc) is 2.53. The lowest BCUT2D eigenvalue weighted by atomic mass is 10.1. The number of aliphatic hydroxyl groups is 1. The van der Waals surface area contributed by atoms with E-state index in [1.54, 1.807) is 49.4 Å². The van der Waals surface area contributed by atoms with Crippen molar-refractivity contribution < 1.29 is 5.11 Å². The highest BCUT2D eigenvalue weighted by molar-refractivity contribution is 6.31. The zero-order valence-electron chi connectivity index (χ0n) is 12.1. The molecular formula is C17H12Cl2N2O2. The Labute approximate surface area is 142 Å². The fourth-order valence-corrected chi connectivity index (χ4v) is 2.55. The molecule has 2 N–H and O–H groups in total.